The highest BCUT2D eigenvalue weighted by atomic mass is 127. The van der Waals surface area contributed by atoms with Crippen LogP contribution in [0.4, 0.5) is 0 Å². The molecule has 0 spiro atoms. The molecule has 14 heavy (non-hydrogen) atoms. The fraction of sp³-hybridized carbons (Fsp3) is 0.500. The molecule has 0 saturated carbocycles. The van der Waals surface area contributed by atoms with Gasteiger partial charge in [0.1, 0.15) is 8.07 Å². The van der Waals surface area contributed by atoms with Crippen molar-refractivity contribution in [3.63, 3.8) is 0 Å². The Morgan fingerprint density at radius 2 is 1.93 bits per heavy atom. The zero-order chi connectivity index (χ0) is 10.9. The zero-order valence-electron chi connectivity index (χ0n) is 9.15. The van der Waals surface area contributed by atoms with E-state index in [2.05, 4.69) is 75.7 Å². The van der Waals surface area contributed by atoms with Gasteiger partial charge in [-0.3, -0.25) is 0 Å². The fourth-order valence-corrected chi connectivity index (χ4v) is 1.49. The van der Waals surface area contributed by atoms with Gasteiger partial charge in [-0.1, -0.05) is 54.2 Å². The van der Waals surface area contributed by atoms with Gasteiger partial charge in [0.2, 0.25) is 0 Å². The highest BCUT2D eigenvalue weighted by molar-refractivity contribution is 14.1. The van der Waals surface area contributed by atoms with Crippen molar-refractivity contribution in [3.8, 4) is 23.3 Å². The highest BCUT2D eigenvalue weighted by Crippen LogP contribution is 1.97. The van der Waals surface area contributed by atoms with E-state index in [-0.39, 0.29) is 0 Å². The Kier molecular flexibility index (Phi) is 8.03. The van der Waals surface area contributed by atoms with Crippen LogP contribution in [-0.2, 0) is 0 Å². The first kappa shape index (κ1) is 13.8. The molecule has 0 aliphatic heterocycles. The van der Waals surface area contributed by atoms with Crippen LogP contribution in [0.2, 0.25) is 19.6 Å². The van der Waals surface area contributed by atoms with E-state index >= 15 is 0 Å². The summed E-state index contributed by atoms with van der Waals surface area (Å²) < 4.78 is 2.05. The number of hydrogen-bond donors (Lipinski definition) is 0. The molecule has 0 N–H and O–H groups in total. The minimum absolute atomic E-state index is 0.960. The number of halogens is 1. The van der Waals surface area contributed by atoms with E-state index < -0.39 is 8.07 Å². The van der Waals surface area contributed by atoms with Crippen LogP contribution >= 0.6 is 22.6 Å². The van der Waals surface area contributed by atoms with Gasteiger partial charge in [-0.25, -0.2) is 0 Å². The third-order valence-corrected chi connectivity index (χ3v) is 2.73. The molecule has 2 heteroatoms. The SMILES string of the molecule is C[Si](C)(C)C#CC#CCCC/C=C\I. The Bertz CT molecular complexity index is 288. The molecular weight excluding hydrogens is 299 g/mol. The fourth-order valence-electron chi connectivity index (χ4n) is 0.697. The topological polar surface area (TPSA) is 0 Å². The standard InChI is InChI=1S/C12H17ISi/c1-14(2,3)12-10-8-6-4-5-7-9-11-13/h9,11H,4-5,7H2,1-3H3/b11-9-. The molecule has 0 fully saturated rings. The van der Waals surface area contributed by atoms with Crippen LogP contribution in [0.15, 0.2) is 10.2 Å². The molecule has 0 atom stereocenters. The summed E-state index contributed by atoms with van der Waals surface area (Å²) in [5.74, 6) is 8.94. The third-order valence-electron chi connectivity index (χ3n) is 1.35. The van der Waals surface area contributed by atoms with E-state index in [1.165, 1.54) is 0 Å². The zero-order valence-corrected chi connectivity index (χ0v) is 12.3. The van der Waals surface area contributed by atoms with Crippen LogP contribution in [0.25, 0.3) is 0 Å². The van der Waals surface area contributed by atoms with Gasteiger partial charge in [-0.2, -0.15) is 0 Å². The summed E-state index contributed by atoms with van der Waals surface area (Å²) in [5, 5.41) is 0. The Balaban J connectivity index is 3.67. The van der Waals surface area contributed by atoms with Crippen LogP contribution in [-0.4, -0.2) is 8.07 Å². The van der Waals surface area contributed by atoms with Crippen molar-refractivity contribution in [1.29, 1.82) is 0 Å². The number of hydrogen-bond acceptors (Lipinski definition) is 0. The predicted molar refractivity (Wildman–Crippen MR) is 75.9 cm³/mol. The summed E-state index contributed by atoms with van der Waals surface area (Å²) in [7, 11) is -1.21. The van der Waals surface area contributed by atoms with Crippen LogP contribution in [0, 0.1) is 23.3 Å². The molecule has 0 nitrogen and oxygen atoms in total. The summed E-state index contributed by atoms with van der Waals surface area (Å²) in [5.41, 5.74) is 3.22. The number of rotatable bonds is 3. The summed E-state index contributed by atoms with van der Waals surface area (Å²) >= 11 is 2.24. The van der Waals surface area contributed by atoms with Crippen LogP contribution in [0.1, 0.15) is 19.3 Å². The average molecular weight is 316 g/mol. The summed E-state index contributed by atoms with van der Waals surface area (Å²) in [6, 6.07) is 0. The van der Waals surface area contributed by atoms with Crippen molar-refractivity contribution in [2.75, 3.05) is 0 Å². The van der Waals surface area contributed by atoms with Crippen LogP contribution < -0.4 is 0 Å². The van der Waals surface area contributed by atoms with Crippen molar-refractivity contribution < 1.29 is 0 Å². The second kappa shape index (κ2) is 8.14. The average Bonchev–Trinajstić information content (AvgIpc) is 2.08. The molecule has 0 saturated heterocycles. The molecule has 0 aliphatic carbocycles. The molecule has 0 heterocycles. The second-order valence-electron chi connectivity index (χ2n) is 4.06. The Morgan fingerprint density at radius 1 is 1.21 bits per heavy atom. The summed E-state index contributed by atoms with van der Waals surface area (Å²) in [6.45, 7) is 6.69. The number of allylic oxidation sites excluding steroid dienone is 1. The van der Waals surface area contributed by atoms with Gasteiger partial charge >= 0.3 is 0 Å². The lowest BCUT2D eigenvalue weighted by Crippen LogP contribution is -2.16. The molecule has 0 amide bonds. The molecule has 0 bridgehead atoms. The highest BCUT2D eigenvalue weighted by Gasteiger charge is 2.06. The smallest absolute Gasteiger partial charge is 0.118 e. The summed E-state index contributed by atoms with van der Waals surface area (Å²) in [4.78, 5) is 0. The molecule has 0 unspecified atom stereocenters. The Hall–Kier alpha value is -0.193. The molecule has 0 aromatic heterocycles. The van der Waals surface area contributed by atoms with Gasteiger partial charge in [0.15, 0.2) is 0 Å². The first-order valence-electron chi connectivity index (χ1n) is 4.81. The minimum Gasteiger partial charge on any atom is -0.118 e. The van der Waals surface area contributed by atoms with Crippen LogP contribution in [0.3, 0.4) is 0 Å². The first-order chi connectivity index (χ1) is 6.56. The van der Waals surface area contributed by atoms with Gasteiger partial charge in [0.25, 0.3) is 0 Å². The van der Waals surface area contributed by atoms with E-state index in [0.29, 0.717) is 0 Å². The lowest BCUT2D eigenvalue weighted by molar-refractivity contribution is 0.887. The maximum absolute atomic E-state index is 3.22. The third kappa shape index (κ3) is 11.8. The van der Waals surface area contributed by atoms with Gasteiger partial charge in [0.05, 0.1) is 0 Å². The monoisotopic (exact) mass is 316 g/mol. The van der Waals surface area contributed by atoms with E-state index in [4.69, 9.17) is 0 Å². The van der Waals surface area contributed by atoms with Gasteiger partial charge in [0, 0.05) is 6.42 Å². The molecule has 76 valence electrons. The van der Waals surface area contributed by atoms with Crippen molar-refractivity contribution in [1.82, 2.24) is 0 Å². The van der Waals surface area contributed by atoms with Crippen molar-refractivity contribution in [2.45, 2.75) is 38.9 Å². The summed E-state index contributed by atoms with van der Waals surface area (Å²) in [6.07, 6.45) is 5.39. The van der Waals surface area contributed by atoms with E-state index in [9.17, 15) is 0 Å². The van der Waals surface area contributed by atoms with E-state index in [1.54, 1.807) is 0 Å². The molecule has 0 radical (unpaired) electrons. The largest absolute Gasteiger partial charge is 0.130 e. The predicted octanol–water partition coefficient (Wildman–Crippen LogP) is 3.99. The van der Waals surface area contributed by atoms with E-state index in [0.717, 1.165) is 19.3 Å². The Morgan fingerprint density at radius 3 is 2.50 bits per heavy atom. The molecular formula is C12H17ISi. The maximum Gasteiger partial charge on any atom is 0.130 e. The molecule has 0 aromatic carbocycles. The molecule has 0 aliphatic rings. The van der Waals surface area contributed by atoms with Crippen LogP contribution in [0.5, 0.6) is 0 Å². The maximum atomic E-state index is 3.22. The second-order valence-corrected chi connectivity index (χ2v) is 9.52. The van der Waals surface area contributed by atoms with Crippen molar-refractivity contribution in [2.24, 2.45) is 0 Å². The quantitative estimate of drug-likeness (QED) is 0.320. The van der Waals surface area contributed by atoms with Gasteiger partial charge < -0.3 is 0 Å². The normalized spacial score (nSPS) is 10.3. The van der Waals surface area contributed by atoms with Crippen molar-refractivity contribution >= 4 is 30.7 Å². The Labute approximate surface area is 103 Å². The van der Waals surface area contributed by atoms with Gasteiger partial charge in [-0.05, 0) is 28.8 Å². The first-order valence-corrected chi connectivity index (χ1v) is 9.56. The lowest BCUT2D eigenvalue weighted by atomic mass is 10.2. The lowest BCUT2D eigenvalue weighted by Gasteiger charge is -2.01. The van der Waals surface area contributed by atoms with Gasteiger partial charge in [-0.15, -0.1) is 5.54 Å². The number of unbranched alkanes of at least 4 members (excludes halogenated alkanes) is 2. The molecule has 0 aromatic rings. The van der Waals surface area contributed by atoms with Crippen molar-refractivity contribution in [3.05, 3.63) is 10.2 Å². The molecule has 0 rings (SSSR count). The minimum atomic E-state index is -1.21. The van der Waals surface area contributed by atoms with E-state index in [1.807, 2.05) is 0 Å².